The van der Waals surface area contributed by atoms with E-state index in [0.717, 1.165) is 34.1 Å². The van der Waals surface area contributed by atoms with Crippen molar-refractivity contribution in [2.24, 2.45) is 0 Å². The topological polar surface area (TPSA) is 6.48 Å². The van der Waals surface area contributed by atoms with E-state index in [1.807, 2.05) is 0 Å². The third-order valence-corrected chi connectivity index (χ3v) is 10.4. The fourth-order valence-electron chi connectivity index (χ4n) is 7.92. The first-order valence-electron chi connectivity index (χ1n) is 17.9. The molecule has 0 fully saturated rings. The Hall–Kier alpha value is -6.90. The quantitative estimate of drug-likeness (QED) is 0.175. The summed E-state index contributed by atoms with van der Waals surface area (Å²) in [4.78, 5) is 4.89. The van der Waals surface area contributed by atoms with Gasteiger partial charge in [-0.1, -0.05) is 158 Å². The SMILES string of the molecule is c1ccc2cc(N(c3cccc4ccccc34)c3cccc4c(N(c5ccc6ccccc6c5)c5cccc6ccccc56)cccc34)ccc2c1. The Morgan fingerprint density at radius 1 is 0.212 bits per heavy atom. The summed E-state index contributed by atoms with van der Waals surface area (Å²) in [5.41, 5.74) is 6.78. The fraction of sp³-hybridized carbons (Fsp3) is 0. The molecule has 0 saturated heterocycles. The van der Waals surface area contributed by atoms with Gasteiger partial charge in [0.2, 0.25) is 0 Å². The third kappa shape index (κ3) is 5.04. The van der Waals surface area contributed by atoms with Crippen LogP contribution in [0.25, 0.3) is 53.9 Å². The standard InChI is InChI=1S/C50H34N2/c1-3-17-39-33-41(31-29-35(39)13-1)51(47-25-9-19-37-15-5-7-21-43(37)47)49-27-11-24-46-45(49)23-12-28-50(46)52(42-32-30-36-14-2-4-18-40(36)34-42)48-26-10-20-38-16-6-8-22-44(38)48/h1-34H. The molecule has 244 valence electrons. The van der Waals surface area contributed by atoms with E-state index < -0.39 is 0 Å². The third-order valence-electron chi connectivity index (χ3n) is 10.4. The van der Waals surface area contributed by atoms with Crippen LogP contribution in [0.3, 0.4) is 0 Å². The highest BCUT2D eigenvalue weighted by Crippen LogP contribution is 2.47. The molecular formula is C50H34N2. The number of anilines is 6. The second-order valence-electron chi connectivity index (χ2n) is 13.4. The van der Waals surface area contributed by atoms with Crippen molar-refractivity contribution in [3.8, 4) is 0 Å². The Morgan fingerprint density at radius 2 is 0.519 bits per heavy atom. The van der Waals surface area contributed by atoms with E-state index >= 15 is 0 Å². The van der Waals surface area contributed by atoms with E-state index in [-0.39, 0.29) is 0 Å². The van der Waals surface area contributed by atoms with Gasteiger partial charge in [0.1, 0.15) is 0 Å². The van der Waals surface area contributed by atoms with Gasteiger partial charge in [-0.3, -0.25) is 0 Å². The minimum Gasteiger partial charge on any atom is -0.309 e. The smallest absolute Gasteiger partial charge is 0.0541 e. The highest BCUT2D eigenvalue weighted by atomic mass is 15.2. The van der Waals surface area contributed by atoms with Crippen LogP contribution in [-0.4, -0.2) is 0 Å². The van der Waals surface area contributed by atoms with Crippen LogP contribution in [0.5, 0.6) is 0 Å². The molecule has 10 aromatic carbocycles. The van der Waals surface area contributed by atoms with Gasteiger partial charge in [-0.25, -0.2) is 0 Å². The van der Waals surface area contributed by atoms with E-state index in [4.69, 9.17) is 0 Å². The molecule has 0 amide bonds. The molecule has 52 heavy (non-hydrogen) atoms. The molecule has 0 bridgehead atoms. The van der Waals surface area contributed by atoms with Crippen molar-refractivity contribution >= 4 is 88.0 Å². The maximum atomic E-state index is 2.44. The first-order valence-corrected chi connectivity index (χ1v) is 17.9. The average Bonchev–Trinajstić information content (AvgIpc) is 3.21. The summed E-state index contributed by atoms with van der Waals surface area (Å²) in [6.07, 6.45) is 0. The Kier molecular flexibility index (Phi) is 7.18. The molecule has 0 aromatic heterocycles. The first kappa shape index (κ1) is 30.0. The number of hydrogen-bond acceptors (Lipinski definition) is 2. The van der Waals surface area contributed by atoms with E-state index in [0.29, 0.717) is 0 Å². The molecule has 0 radical (unpaired) electrons. The van der Waals surface area contributed by atoms with Gasteiger partial charge in [-0.05, 0) is 80.8 Å². The second-order valence-corrected chi connectivity index (χ2v) is 13.4. The number of fused-ring (bicyclic) bond motifs is 5. The largest absolute Gasteiger partial charge is 0.309 e. The van der Waals surface area contributed by atoms with Crippen LogP contribution in [0.1, 0.15) is 0 Å². The van der Waals surface area contributed by atoms with Crippen LogP contribution in [0.4, 0.5) is 34.1 Å². The molecule has 10 rings (SSSR count). The Labute approximate surface area is 303 Å². The summed E-state index contributed by atoms with van der Waals surface area (Å²) in [5, 5.41) is 12.1. The molecule has 0 unspecified atom stereocenters. The van der Waals surface area contributed by atoms with Crippen molar-refractivity contribution in [3.05, 3.63) is 206 Å². The zero-order valence-electron chi connectivity index (χ0n) is 28.5. The van der Waals surface area contributed by atoms with Gasteiger partial charge in [0.15, 0.2) is 0 Å². The lowest BCUT2D eigenvalue weighted by atomic mass is 10.00. The Morgan fingerprint density at radius 3 is 0.962 bits per heavy atom. The summed E-state index contributed by atoms with van der Waals surface area (Å²) in [6, 6.07) is 74.9. The summed E-state index contributed by atoms with van der Waals surface area (Å²) >= 11 is 0. The predicted molar refractivity (Wildman–Crippen MR) is 223 cm³/mol. The number of rotatable bonds is 6. The summed E-state index contributed by atoms with van der Waals surface area (Å²) in [6.45, 7) is 0. The summed E-state index contributed by atoms with van der Waals surface area (Å²) in [7, 11) is 0. The maximum absolute atomic E-state index is 2.44. The van der Waals surface area contributed by atoms with Crippen molar-refractivity contribution in [1.82, 2.24) is 0 Å². The first-order chi connectivity index (χ1) is 25.8. The molecule has 0 spiro atoms. The van der Waals surface area contributed by atoms with E-state index in [9.17, 15) is 0 Å². The minimum atomic E-state index is 1.12. The van der Waals surface area contributed by atoms with Crippen molar-refractivity contribution in [1.29, 1.82) is 0 Å². The molecule has 0 aliphatic rings. The van der Waals surface area contributed by atoms with Gasteiger partial charge < -0.3 is 9.80 Å². The van der Waals surface area contributed by atoms with Crippen LogP contribution in [0.15, 0.2) is 206 Å². The van der Waals surface area contributed by atoms with E-state index in [1.165, 1.54) is 53.9 Å². The van der Waals surface area contributed by atoms with Crippen molar-refractivity contribution < 1.29 is 0 Å². The molecule has 0 heterocycles. The lowest BCUT2D eigenvalue weighted by Gasteiger charge is -2.31. The van der Waals surface area contributed by atoms with Gasteiger partial charge in [0.05, 0.1) is 22.7 Å². The Balaban J connectivity index is 1.25. The molecule has 0 aliphatic carbocycles. The van der Waals surface area contributed by atoms with Crippen molar-refractivity contribution in [3.63, 3.8) is 0 Å². The summed E-state index contributed by atoms with van der Waals surface area (Å²) < 4.78 is 0. The van der Waals surface area contributed by atoms with Crippen LogP contribution >= 0.6 is 0 Å². The van der Waals surface area contributed by atoms with Crippen LogP contribution in [-0.2, 0) is 0 Å². The average molecular weight is 663 g/mol. The van der Waals surface area contributed by atoms with Gasteiger partial charge >= 0.3 is 0 Å². The fourth-order valence-corrected chi connectivity index (χ4v) is 7.92. The zero-order valence-corrected chi connectivity index (χ0v) is 28.5. The van der Waals surface area contributed by atoms with Crippen LogP contribution < -0.4 is 9.80 Å². The molecule has 2 nitrogen and oxygen atoms in total. The van der Waals surface area contributed by atoms with Crippen molar-refractivity contribution in [2.75, 3.05) is 9.80 Å². The highest BCUT2D eigenvalue weighted by molar-refractivity contribution is 6.11. The molecule has 2 heteroatoms. The van der Waals surface area contributed by atoms with Gasteiger partial charge in [-0.2, -0.15) is 0 Å². The van der Waals surface area contributed by atoms with Gasteiger partial charge in [0, 0.05) is 32.9 Å². The van der Waals surface area contributed by atoms with Gasteiger partial charge in [-0.15, -0.1) is 0 Å². The number of nitrogens with zero attached hydrogens (tertiary/aromatic N) is 2. The predicted octanol–water partition coefficient (Wildman–Crippen LogP) is 14.4. The lowest BCUT2D eigenvalue weighted by molar-refractivity contribution is 1.30. The lowest BCUT2D eigenvalue weighted by Crippen LogP contribution is -2.13. The van der Waals surface area contributed by atoms with Crippen LogP contribution in [0.2, 0.25) is 0 Å². The van der Waals surface area contributed by atoms with Gasteiger partial charge in [0.25, 0.3) is 0 Å². The summed E-state index contributed by atoms with van der Waals surface area (Å²) in [5.74, 6) is 0. The molecule has 0 atom stereocenters. The molecule has 10 aromatic rings. The number of hydrogen-bond donors (Lipinski definition) is 0. The number of benzene rings is 10. The highest BCUT2D eigenvalue weighted by Gasteiger charge is 2.22. The second kappa shape index (κ2) is 12.5. The Bertz CT molecular complexity index is 2730. The van der Waals surface area contributed by atoms with Crippen molar-refractivity contribution in [2.45, 2.75) is 0 Å². The maximum Gasteiger partial charge on any atom is 0.0541 e. The molecular weight excluding hydrogens is 629 g/mol. The minimum absolute atomic E-state index is 1.12. The molecule has 0 saturated carbocycles. The van der Waals surface area contributed by atoms with Crippen LogP contribution in [0, 0.1) is 0 Å². The van der Waals surface area contributed by atoms with E-state index in [2.05, 4.69) is 216 Å². The normalized spacial score (nSPS) is 11.5. The monoisotopic (exact) mass is 662 g/mol. The van der Waals surface area contributed by atoms with E-state index in [1.54, 1.807) is 0 Å². The zero-order chi connectivity index (χ0) is 34.4. The molecule has 0 aliphatic heterocycles. The molecule has 0 N–H and O–H groups in total.